The van der Waals surface area contributed by atoms with Gasteiger partial charge in [-0.1, -0.05) is 6.92 Å². The van der Waals surface area contributed by atoms with Gasteiger partial charge in [-0.2, -0.15) is 0 Å². The lowest BCUT2D eigenvalue weighted by Gasteiger charge is -2.22. The van der Waals surface area contributed by atoms with Crippen LogP contribution in [0.3, 0.4) is 0 Å². The average molecular weight is 329 g/mol. The second kappa shape index (κ2) is 5.24. The van der Waals surface area contributed by atoms with Crippen molar-refractivity contribution >= 4 is 27.4 Å². The summed E-state index contributed by atoms with van der Waals surface area (Å²) in [6.07, 6.45) is 2.53. The Bertz CT molecular complexity index is 629. The molecular formula is C13H19N3O3S2. The minimum absolute atomic E-state index is 0.0785. The number of amides is 2. The minimum Gasteiger partial charge on any atom is -0.338 e. The maximum absolute atomic E-state index is 12.2. The van der Waals surface area contributed by atoms with E-state index in [-0.39, 0.29) is 28.9 Å². The van der Waals surface area contributed by atoms with Crippen molar-refractivity contribution in [3.8, 4) is 0 Å². The van der Waals surface area contributed by atoms with Crippen molar-refractivity contribution in [3.63, 3.8) is 0 Å². The third kappa shape index (κ3) is 3.06. The molecule has 0 saturated carbocycles. The fourth-order valence-corrected chi connectivity index (χ4v) is 6.47. The molecular weight excluding hydrogens is 310 g/mol. The summed E-state index contributed by atoms with van der Waals surface area (Å²) in [4.78, 5) is 15.1. The summed E-state index contributed by atoms with van der Waals surface area (Å²) in [5.74, 6) is 0.499. The van der Waals surface area contributed by atoms with E-state index in [0.717, 1.165) is 11.3 Å². The summed E-state index contributed by atoms with van der Waals surface area (Å²) in [7, 11) is -2.92. The van der Waals surface area contributed by atoms with Crippen molar-refractivity contribution < 1.29 is 13.2 Å². The van der Waals surface area contributed by atoms with E-state index in [0.29, 0.717) is 19.6 Å². The van der Waals surface area contributed by atoms with Crippen molar-refractivity contribution in [2.45, 2.75) is 13.3 Å². The van der Waals surface area contributed by atoms with Crippen molar-refractivity contribution in [1.82, 2.24) is 14.6 Å². The van der Waals surface area contributed by atoms with Crippen molar-refractivity contribution in [1.29, 1.82) is 0 Å². The first-order chi connectivity index (χ1) is 9.88. The lowest BCUT2D eigenvalue weighted by Crippen LogP contribution is -2.41. The SMILES string of the molecule is C[C@@]12CN(C(=O)NCCc3ccns3)C[C@@H]1CS(=O)(=O)C2. The molecule has 2 aliphatic heterocycles. The van der Waals surface area contributed by atoms with Crippen molar-refractivity contribution in [2.75, 3.05) is 31.1 Å². The van der Waals surface area contributed by atoms with Crippen LogP contribution in [0.1, 0.15) is 11.8 Å². The van der Waals surface area contributed by atoms with Crippen LogP contribution in [0, 0.1) is 11.3 Å². The van der Waals surface area contributed by atoms with E-state index >= 15 is 0 Å². The number of carbonyl (C=O) groups excluding carboxylic acids is 1. The van der Waals surface area contributed by atoms with Gasteiger partial charge in [0.25, 0.3) is 0 Å². The number of fused-ring (bicyclic) bond motifs is 1. The Labute approximate surface area is 128 Å². The molecule has 2 fully saturated rings. The molecule has 3 rings (SSSR count). The van der Waals surface area contributed by atoms with Gasteiger partial charge < -0.3 is 10.2 Å². The predicted molar refractivity (Wildman–Crippen MR) is 81.0 cm³/mol. The zero-order valence-corrected chi connectivity index (χ0v) is 13.5. The number of urea groups is 1. The van der Waals surface area contributed by atoms with E-state index in [1.807, 2.05) is 13.0 Å². The average Bonchev–Trinajstić information content (AvgIpc) is 3.01. The highest BCUT2D eigenvalue weighted by atomic mass is 32.2. The Balaban J connectivity index is 1.51. The monoisotopic (exact) mass is 329 g/mol. The lowest BCUT2D eigenvalue weighted by atomic mass is 9.84. The van der Waals surface area contributed by atoms with Gasteiger partial charge in [-0.05, 0) is 23.5 Å². The number of likely N-dealkylation sites (tertiary alicyclic amines) is 1. The smallest absolute Gasteiger partial charge is 0.317 e. The van der Waals surface area contributed by atoms with Crippen LogP contribution in [-0.2, 0) is 16.3 Å². The van der Waals surface area contributed by atoms with E-state index in [2.05, 4.69) is 9.69 Å². The molecule has 0 aromatic carbocycles. The van der Waals surface area contributed by atoms with Gasteiger partial charge in [0.1, 0.15) is 0 Å². The second-order valence-corrected chi connectivity index (χ2v) is 9.27. The molecule has 1 aromatic rings. The molecule has 0 unspecified atom stereocenters. The Morgan fingerprint density at radius 3 is 3.10 bits per heavy atom. The van der Waals surface area contributed by atoms with Crippen molar-refractivity contribution in [3.05, 3.63) is 17.1 Å². The van der Waals surface area contributed by atoms with Gasteiger partial charge in [0.15, 0.2) is 9.84 Å². The maximum Gasteiger partial charge on any atom is 0.317 e. The quantitative estimate of drug-likeness (QED) is 0.888. The molecule has 3 heterocycles. The first kappa shape index (κ1) is 14.8. The Hall–Kier alpha value is -1.15. The van der Waals surface area contributed by atoms with Gasteiger partial charge in [-0.3, -0.25) is 0 Å². The van der Waals surface area contributed by atoms with E-state index in [1.54, 1.807) is 11.1 Å². The van der Waals surface area contributed by atoms with Gasteiger partial charge in [0.05, 0.1) is 11.5 Å². The van der Waals surface area contributed by atoms with Crippen LogP contribution in [0.2, 0.25) is 0 Å². The summed E-state index contributed by atoms with van der Waals surface area (Å²) in [6.45, 7) is 3.63. The first-order valence-corrected chi connectivity index (χ1v) is 9.60. The van der Waals surface area contributed by atoms with Crippen LogP contribution in [0.25, 0.3) is 0 Å². The van der Waals surface area contributed by atoms with Crippen LogP contribution in [-0.4, -0.2) is 54.9 Å². The molecule has 0 aliphatic carbocycles. The number of nitrogens with zero attached hydrogens (tertiary/aromatic N) is 2. The topological polar surface area (TPSA) is 79.4 Å². The molecule has 116 valence electrons. The van der Waals surface area contributed by atoms with Gasteiger partial charge in [-0.15, -0.1) is 0 Å². The molecule has 21 heavy (non-hydrogen) atoms. The summed E-state index contributed by atoms with van der Waals surface area (Å²) in [6, 6.07) is 1.86. The maximum atomic E-state index is 12.2. The van der Waals surface area contributed by atoms with E-state index < -0.39 is 9.84 Å². The summed E-state index contributed by atoms with van der Waals surface area (Å²) >= 11 is 1.44. The fourth-order valence-electron chi connectivity index (χ4n) is 3.33. The van der Waals surface area contributed by atoms with Crippen LogP contribution in [0.15, 0.2) is 12.3 Å². The predicted octanol–water partition coefficient (Wildman–Crippen LogP) is 0.762. The molecule has 2 amide bonds. The zero-order chi connectivity index (χ0) is 15.1. The molecule has 8 heteroatoms. The molecule has 1 N–H and O–H groups in total. The number of hydrogen-bond donors (Lipinski definition) is 1. The van der Waals surface area contributed by atoms with Gasteiger partial charge in [0.2, 0.25) is 0 Å². The van der Waals surface area contributed by atoms with Crippen LogP contribution in [0.4, 0.5) is 4.79 Å². The normalized spacial score (nSPS) is 30.3. The zero-order valence-electron chi connectivity index (χ0n) is 11.9. The number of carbonyl (C=O) groups is 1. The number of sulfone groups is 1. The second-order valence-electron chi connectivity index (χ2n) is 6.25. The molecule has 2 aliphatic rings. The van der Waals surface area contributed by atoms with Crippen LogP contribution in [0.5, 0.6) is 0 Å². The van der Waals surface area contributed by atoms with Crippen LogP contribution >= 0.6 is 11.5 Å². The van der Waals surface area contributed by atoms with E-state index in [9.17, 15) is 13.2 Å². The number of aromatic nitrogens is 1. The standard InChI is InChI=1S/C13H19N3O3S2/c1-13-8-16(6-10(13)7-21(18,19)9-13)12(17)14-4-2-11-3-5-15-20-11/h3,5,10H,2,4,6-9H2,1H3,(H,14,17)/t10-,13+/m1/s1. The molecule has 0 bridgehead atoms. The highest BCUT2D eigenvalue weighted by Crippen LogP contribution is 2.43. The number of nitrogens with one attached hydrogen (secondary N) is 1. The van der Waals surface area contributed by atoms with Crippen LogP contribution < -0.4 is 5.32 Å². The molecule has 0 spiro atoms. The molecule has 6 nitrogen and oxygen atoms in total. The highest BCUT2D eigenvalue weighted by Gasteiger charge is 2.53. The molecule has 2 saturated heterocycles. The summed E-state index contributed by atoms with van der Waals surface area (Å²) < 4.78 is 27.4. The molecule has 1 aromatic heterocycles. The third-order valence-corrected chi connectivity index (χ3v) is 7.22. The fraction of sp³-hybridized carbons (Fsp3) is 0.692. The number of hydrogen-bond acceptors (Lipinski definition) is 5. The molecule has 0 radical (unpaired) electrons. The largest absolute Gasteiger partial charge is 0.338 e. The third-order valence-electron chi connectivity index (χ3n) is 4.41. The van der Waals surface area contributed by atoms with E-state index in [1.165, 1.54) is 11.5 Å². The minimum atomic E-state index is -2.92. The molecule has 2 atom stereocenters. The summed E-state index contributed by atoms with van der Waals surface area (Å²) in [5.41, 5.74) is -0.270. The highest BCUT2D eigenvalue weighted by molar-refractivity contribution is 7.91. The Morgan fingerprint density at radius 1 is 1.62 bits per heavy atom. The van der Waals surface area contributed by atoms with Gasteiger partial charge in [0, 0.05) is 42.5 Å². The summed E-state index contributed by atoms with van der Waals surface area (Å²) in [5, 5.41) is 2.91. The van der Waals surface area contributed by atoms with Crippen molar-refractivity contribution in [2.24, 2.45) is 11.3 Å². The van der Waals surface area contributed by atoms with Gasteiger partial charge >= 0.3 is 6.03 Å². The first-order valence-electron chi connectivity index (χ1n) is 7.01. The Morgan fingerprint density at radius 2 is 2.43 bits per heavy atom. The number of rotatable bonds is 3. The van der Waals surface area contributed by atoms with E-state index in [4.69, 9.17) is 0 Å². The Kier molecular flexibility index (Phi) is 3.69. The van der Waals surface area contributed by atoms with Gasteiger partial charge in [-0.25, -0.2) is 17.6 Å². The lowest BCUT2D eigenvalue weighted by molar-refractivity contribution is 0.203.